The lowest BCUT2D eigenvalue weighted by Gasteiger charge is -2.14. The van der Waals surface area contributed by atoms with Gasteiger partial charge in [0.05, 0.1) is 5.02 Å². The summed E-state index contributed by atoms with van der Waals surface area (Å²) in [4.78, 5) is 23.9. The predicted molar refractivity (Wildman–Crippen MR) is 102 cm³/mol. The minimum Gasteiger partial charge on any atom is -0.481 e. The van der Waals surface area contributed by atoms with Gasteiger partial charge in [0.25, 0.3) is 0 Å². The van der Waals surface area contributed by atoms with Crippen LogP contribution in [0.25, 0.3) is 11.0 Å². The summed E-state index contributed by atoms with van der Waals surface area (Å²) in [5.74, 6) is 0.206. The molecule has 26 heavy (non-hydrogen) atoms. The van der Waals surface area contributed by atoms with E-state index in [4.69, 9.17) is 20.8 Å². The van der Waals surface area contributed by atoms with Crippen molar-refractivity contribution < 1.29 is 13.9 Å². The van der Waals surface area contributed by atoms with E-state index < -0.39 is 6.10 Å². The molecule has 4 nitrogen and oxygen atoms in total. The predicted octanol–water partition coefficient (Wildman–Crippen LogP) is 4.70. The van der Waals surface area contributed by atoms with Gasteiger partial charge in [0.15, 0.2) is 11.9 Å². The first-order chi connectivity index (χ1) is 12.4. The molecule has 1 aromatic heterocycles. The first-order valence-corrected chi connectivity index (χ1v) is 8.71. The highest BCUT2D eigenvalue weighted by Gasteiger charge is 2.17. The zero-order valence-corrected chi connectivity index (χ0v) is 15.6. The summed E-state index contributed by atoms with van der Waals surface area (Å²) in [7, 11) is 0. The molecular weight excluding hydrogens is 352 g/mol. The summed E-state index contributed by atoms with van der Waals surface area (Å²) in [6, 6.07) is 13.0. The molecule has 0 radical (unpaired) electrons. The number of fused-ring (bicyclic) bond motifs is 1. The van der Waals surface area contributed by atoms with Crippen molar-refractivity contribution in [2.24, 2.45) is 0 Å². The molecule has 0 aliphatic carbocycles. The third-order valence-corrected chi connectivity index (χ3v) is 4.74. The van der Waals surface area contributed by atoms with Gasteiger partial charge in [-0.2, -0.15) is 0 Å². The van der Waals surface area contributed by atoms with Gasteiger partial charge in [-0.05, 0) is 38.0 Å². The number of aryl methyl sites for hydroxylation is 1. The molecule has 0 saturated heterocycles. The van der Waals surface area contributed by atoms with E-state index in [-0.39, 0.29) is 11.4 Å². The van der Waals surface area contributed by atoms with Gasteiger partial charge in [-0.3, -0.25) is 4.79 Å². The van der Waals surface area contributed by atoms with E-state index in [1.54, 1.807) is 19.1 Å². The Bertz CT molecular complexity index is 1020. The van der Waals surface area contributed by atoms with Crippen LogP contribution in [-0.4, -0.2) is 11.9 Å². The van der Waals surface area contributed by atoms with Gasteiger partial charge < -0.3 is 9.15 Å². The largest absolute Gasteiger partial charge is 0.481 e. The van der Waals surface area contributed by atoms with Crippen LogP contribution in [0.4, 0.5) is 0 Å². The number of hydrogen-bond donors (Lipinski definition) is 0. The SMILES string of the molecule is CC(=O)C(C)Oc1cc2oc(=O)c(Cc3ccccc3)c(C)c2cc1Cl. The van der Waals surface area contributed by atoms with Crippen LogP contribution in [0.15, 0.2) is 51.7 Å². The molecular formula is C21H19ClO4. The normalized spacial score (nSPS) is 12.2. The summed E-state index contributed by atoms with van der Waals surface area (Å²) in [6.45, 7) is 4.97. The smallest absolute Gasteiger partial charge is 0.340 e. The number of ketones is 1. The molecule has 5 heteroatoms. The Kier molecular flexibility index (Phi) is 5.14. The molecule has 0 bridgehead atoms. The second-order valence-electron chi connectivity index (χ2n) is 6.30. The first kappa shape index (κ1) is 18.2. The molecule has 0 fully saturated rings. The third-order valence-electron chi connectivity index (χ3n) is 4.44. The van der Waals surface area contributed by atoms with Crippen LogP contribution >= 0.6 is 11.6 Å². The van der Waals surface area contributed by atoms with E-state index in [0.29, 0.717) is 28.3 Å². The van der Waals surface area contributed by atoms with E-state index >= 15 is 0 Å². The highest BCUT2D eigenvalue weighted by molar-refractivity contribution is 6.32. The number of hydrogen-bond acceptors (Lipinski definition) is 4. The molecule has 1 unspecified atom stereocenters. The van der Waals surface area contributed by atoms with E-state index in [2.05, 4.69) is 0 Å². The summed E-state index contributed by atoms with van der Waals surface area (Å²) < 4.78 is 11.1. The minimum absolute atomic E-state index is 0.114. The van der Waals surface area contributed by atoms with Crippen molar-refractivity contribution >= 4 is 28.4 Å². The molecule has 0 amide bonds. The van der Waals surface area contributed by atoms with Crippen LogP contribution in [-0.2, 0) is 11.2 Å². The summed E-state index contributed by atoms with van der Waals surface area (Å²) in [5, 5.41) is 1.12. The molecule has 1 heterocycles. The van der Waals surface area contributed by atoms with Gasteiger partial charge in [0.1, 0.15) is 11.3 Å². The fourth-order valence-electron chi connectivity index (χ4n) is 2.76. The van der Waals surface area contributed by atoms with Crippen molar-refractivity contribution in [3.05, 3.63) is 74.6 Å². The first-order valence-electron chi connectivity index (χ1n) is 8.33. The maximum absolute atomic E-state index is 12.5. The Balaban J connectivity index is 2.07. The quantitative estimate of drug-likeness (QED) is 0.611. The lowest BCUT2D eigenvalue weighted by molar-refractivity contribution is -0.122. The number of benzene rings is 2. The van der Waals surface area contributed by atoms with Crippen molar-refractivity contribution in [2.75, 3.05) is 0 Å². The Morgan fingerprint density at radius 2 is 1.92 bits per heavy atom. The van der Waals surface area contributed by atoms with Crippen molar-refractivity contribution in [1.82, 2.24) is 0 Å². The molecule has 3 aromatic rings. The zero-order valence-electron chi connectivity index (χ0n) is 14.8. The maximum atomic E-state index is 12.5. The molecule has 3 rings (SSSR count). The average Bonchev–Trinajstić information content (AvgIpc) is 2.61. The topological polar surface area (TPSA) is 56.5 Å². The van der Waals surface area contributed by atoms with Crippen molar-refractivity contribution in [3.63, 3.8) is 0 Å². The average molecular weight is 371 g/mol. The van der Waals surface area contributed by atoms with Gasteiger partial charge >= 0.3 is 5.63 Å². The van der Waals surface area contributed by atoms with Crippen LogP contribution in [0.1, 0.15) is 30.5 Å². The molecule has 0 aliphatic rings. The van der Waals surface area contributed by atoms with Gasteiger partial charge in [-0.15, -0.1) is 0 Å². The Morgan fingerprint density at radius 1 is 1.23 bits per heavy atom. The Morgan fingerprint density at radius 3 is 2.58 bits per heavy atom. The van der Waals surface area contributed by atoms with Crippen molar-refractivity contribution in [2.45, 2.75) is 33.3 Å². The Hall–Kier alpha value is -2.59. The van der Waals surface area contributed by atoms with Gasteiger partial charge in [-0.1, -0.05) is 41.9 Å². The van der Waals surface area contributed by atoms with Gasteiger partial charge in [-0.25, -0.2) is 4.79 Å². The summed E-state index contributed by atoms with van der Waals surface area (Å²) >= 11 is 6.32. The van der Waals surface area contributed by atoms with E-state index in [0.717, 1.165) is 16.5 Å². The molecule has 0 saturated carbocycles. The van der Waals surface area contributed by atoms with Crippen molar-refractivity contribution in [1.29, 1.82) is 0 Å². The monoisotopic (exact) mass is 370 g/mol. The number of ether oxygens (including phenoxy) is 1. The molecule has 0 aliphatic heterocycles. The van der Waals surface area contributed by atoms with Gasteiger partial charge in [0.2, 0.25) is 0 Å². The van der Waals surface area contributed by atoms with E-state index in [1.807, 2.05) is 37.3 Å². The fraction of sp³-hybridized carbons (Fsp3) is 0.238. The van der Waals surface area contributed by atoms with E-state index in [1.165, 1.54) is 6.92 Å². The minimum atomic E-state index is -0.630. The molecule has 0 N–H and O–H groups in total. The lowest BCUT2D eigenvalue weighted by atomic mass is 9.99. The standard InChI is InChI=1S/C21H19ClO4/c1-12-16-10-18(22)20(25-14(3)13(2)23)11-19(16)26-21(24)17(12)9-15-7-5-4-6-8-15/h4-8,10-11,14H,9H2,1-3H3. The molecule has 0 spiro atoms. The van der Waals surface area contributed by atoms with E-state index in [9.17, 15) is 9.59 Å². The van der Waals surface area contributed by atoms with Crippen LogP contribution in [0.3, 0.4) is 0 Å². The number of carbonyl (C=O) groups excluding carboxylic acids is 1. The number of rotatable bonds is 5. The van der Waals surface area contributed by atoms with Crippen LogP contribution in [0.2, 0.25) is 5.02 Å². The molecule has 2 aromatic carbocycles. The molecule has 1 atom stereocenters. The Labute approximate surface area is 156 Å². The van der Waals surface area contributed by atoms with Crippen LogP contribution in [0, 0.1) is 6.92 Å². The third kappa shape index (κ3) is 3.65. The zero-order chi connectivity index (χ0) is 18.8. The summed E-state index contributed by atoms with van der Waals surface area (Å²) in [6.07, 6.45) is -0.141. The van der Waals surface area contributed by atoms with Crippen LogP contribution in [0.5, 0.6) is 5.75 Å². The highest BCUT2D eigenvalue weighted by atomic mass is 35.5. The number of halogens is 1. The number of Topliss-reactive ketones (excluding diaryl/α,β-unsaturated/α-hetero) is 1. The highest BCUT2D eigenvalue weighted by Crippen LogP contribution is 2.33. The summed E-state index contributed by atoms with van der Waals surface area (Å²) in [5.41, 5.74) is 2.47. The number of carbonyl (C=O) groups is 1. The second-order valence-corrected chi connectivity index (χ2v) is 6.71. The second kappa shape index (κ2) is 7.34. The molecule has 134 valence electrons. The van der Waals surface area contributed by atoms with Crippen LogP contribution < -0.4 is 10.4 Å². The fourth-order valence-corrected chi connectivity index (χ4v) is 2.97. The lowest BCUT2D eigenvalue weighted by Crippen LogP contribution is -2.20. The van der Waals surface area contributed by atoms with Gasteiger partial charge in [0, 0.05) is 23.4 Å². The van der Waals surface area contributed by atoms with Crippen molar-refractivity contribution in [3.8, 4) is 5.75 Å². The maximum Gasteiger partial charge on any atom is 0.340 e.